The van der Waals surface area contributed by atoms with Gasteiger partial charge in [0.1, 0.15) is 5.57 Å². The lowest BCUT2D eigenvalue weighted by Crippen LogP contribution is -2.53. The number of carbonyl (C=O) groups excluding carboxylic acids is 2. The predicted octanol–water partition coefficient (Wildman–Crippen LogP) is 2.30. The molecule has 1 aliphatic rings. The number of aromatic nitrogens is 2. The zero-order chi connectivity index (χ0) is 18.8. The molecule has 1 aromatic carbocycles. The van der Waals surface area contributed by atoms with Gasteiger partial charge in [-0.3, -0.25) is 19.8 Å². The molecule has 2 aromatic rings. The number of thiocarbonyl (C=S) groups is 1. The molecule has 132 valence electrons. The number of amides is 2. The van der Waals surface area contributed by atoms with Crippen molar-refractivity contribution in [1.29, 1.82) is 0 Å². The molecule has 0 unspecified atom stereocenters. The summed E-state index contributed by atoms with van der Waals surface area (Å²) in [7, 11) is 0. The van der Waals surface area contributed by atoms with Crippen LogP contribution in [0.3, 0.4) is 0 Å². The first-order chi connectivity index (χ1) is 12.4. The number of aryl methyl sites for hydroxylation is 1. The van der Waals surface area contributed by atoms with Crippen LogP contribution in [0.25, 0.3) is 11.8 Å². The number of rotatable bonds is 4. The van der Waals surface area contributed by atoms with E-state index in [4.69, 9.17) is 12.2 Å². The average molecular weight is 366 g/mol. The third-order valence-corrected chi connectivity index (χ3v) is 4.46. The second kappa shape index (κ2) is 7.05. The second-order valence-electron chi connectivity index (χ2n) is 5.85. The zero-order valence-electron chi connectivity index (χ0n) is 14.5. The monoisotopic (exact) mass is 366 g/mol. The minimum absolute atomic E-state index is 0.0271. The maximum absolute atomic E-state index is 12.7. The van der Waals surface area contributed by atoms with Crippen molar-refractivity contribution in [1.82, 2.24) is 20.0 Å². The molecule has 0 aliphatic carbocycles. The fourth-order valence-corrected chi connectivity index (χ4v) is 3.07. The van der Waals surface area contributed by atoms with E-state index in [9.17, 15) is 9.59 Å². The Morgan fingerprint density at radius 3 is 2.58 bits per heavy atom. The Bertz CT molecular complexity index is 944. The number of hydrogen-bond donors (Lipinski definition) is 1. The van der Waals surface area contributed by atoms with Crippen molar-refractivity contribution < 1.29 is 9.59 Å². The van der Waals surface area contributed by atoms with Crippen molar-refractivity contribution in [3.63, 3.8) is 0 Å². The summed E-state index contributed by atoms with van der Waals surface area (Å²) in [6.45, 7) is 7.59. The molecule has 0 saturated carbocycles. The maximum atomic E-state index is 12.7. The van der Waals surface area contributed by atoms with E-state index < -0.39 is 11.8 Å². The lowest BCUT2D eigenvalue weighted by Gasteiger charge is -2.27. The van der Waals surface area contributed by atoms with Crippen molar-refractivity contribution in [3.8, 4) is 5.69 Å². The molecule has 26 heavy (non-hydrogen) atoms. The number of para-hydroxylation sites is 1. The number of benzene rings is 1. The number of carbonyl (C=O) groups is 2. The summed E-state index contributed by atoms with van der Waals surface area (Å²) in [5.41, 5.74) is 3.23. The van der Waals surface area contributed by atoms with Gasteiger partial charge in [0.15, 0.2) is 5.11 Å². The van der Waals surface area contributed by atoms with Crippen LogP contribution in [0.2, 0.25) is 0 Å². The van der Waals surface area contributed by atoms with E-state index in [1.807, 2.05) is 44.2 Å². The van der Waals surface area contributed by atoms with Gasteiger partial charge in [0.2, 0.25) is 0 Å². The SMILES string of the molecule is C=CCN1C(=O)/C(=C\c2c(C)nn(-c3ccccc3)c2C)C(=O)NC1=S. The highest BCUT2D eigenvalue weighted by molar-refractivity contribution is 7.80. The smallest absolute Gasteiger partial charge is 0.265 e. The van der Waals surface area contributed by atoms with Crippen LogP contribution in [-0.2, 0) is 9.59 Å². The molecule has 7 heteroatoms. The Balaban J connectivity index is 2.05. The van der Waals surface area contributed by atoms with Crippen LogP contribution in [-0.4, -0.2) is 38.2 Å². The number of nitrogens with zero attached hydrogens (tertiary/aromatic N) is 3. The van der Waals surface area contributed by atoms with Crippen molar-refractivity contribution >= 4 is 35.2 Å². The van der Waals surface area contributed by atoms with Crippen molar-refractivity contribution in [2.45, 2.75) is 13.8 Å². The van der Waals surface area contributed by atoms with E-state index in [1.54, 1.807) is 16.8 Å². The summed E-state index contributed by atoms with van der Waals surface area (Å²) >= 11 is 5.07. The fraction of sp³-hybridized carbons (Fsp3) is 0.158. The van der Waals surface area contributed by atoms with Crippen LogP contribution < -0.4 is 5.32 Å². The van der Waals surface area contributed by atoms with Gasteiger partial charge >= 0.3 is 0 Å². The highest BCUT2D eigenvalue weighted by Gasteiger charge is 2.33. The average Bonchev–Trinajstić information content (AvgIpc) is 2.90. The Morgan fingerprint density at radius 2 is 1.92 bits per heavy atom. The van der Waals surface area contributed by atoms with Crippen LogP contribution in [0, 0.1) is 13.8 Å². The number of hydrogen-bond acceptors (Lipinski definition) is 4. The van der Waals surface area contributed by atoms with E-state index in [2.05, 4.69) is 17.0 Å². The van der Waals surface area contributed by atoms with E-state index in [1.165, 1.54) is 4.90 Å². The molecule has 3 rings (SSSR count). The van der Waals surface area contributed by atoms with Crippen LogP contribution in [0.4, 0.5) is 0 Å². The fourth-order valence-electron chi connectivity index (χ4n) is 2.82. The summed E-state index contributed by atoms with van der Waals surface area (Å²) in [6.07, 6.45) is 3.13. The molecule has 2 amide bonds. The maximum Gasteiger partial charge on any atom is 0.265 e. The molecule has 1 aromatic heterocycles. The molecular weight excluding hydrogens is 348 g/mol. The Kier molecular flexibility index (Phi) is 4.81. The molecule has 0 radical (unpaired) electrons. The van der Waals surface area contributed by atoms with Gasteiger partial charge in [0.05, 0.1) is 11.4 Å². The molecular formula is C19H18N4O2S. The molecule has 0 bridgehead atoms. The van der Waals surface area contributed by atoms with Gasteiger partial charge < -0.3 is 0 Å². The zero-order valence-corrected chi connectivity index (χ0v) is 15.3. The molecule has 1 fully saturated rings. The normalized spacial score (nSPS) is 16.2. The van der Waals surface area contributed by atoms with Crippen LogP contribution in [0.1, 0.15) is 17.0 Å². The van der Waals surface area contributed by atoms with Crippen LogP contribution >= 0.6 is 12.2 Å². The van der Waals surface area contributed by atoms with Gasteiger partial charge in [0, 0.05) is 17.8 Å². The molecule has 0 atom stereocenters. The Labute approximate surface area is 156 Å². The molecule has 6 nitrogen and oxygen atoms in total. The standard InChI is InChI=1S/C19H18N4O2S/c1-4-10-22-18(25)16(17(24)20-19(22)26)11-15-12(2)21-23(13(15)3)14-8-6-5-7-9-14/h4-9,11H,1,10H2,2-3H3,(H,20,24,26)/b16-11-. The Morgan fingerprint density at radius 1 is 1.23 bits per heavy atom. The van der Waals surface area contributed by atoms with Gasteiger partial charge in [-0.05, 0) is 44.3 Å². The van der Waals surface area contributed by atoms with Crippen molar-refractivity contribution in [2.24, 2.45) is 0 Å². The largest absolute Gasteiger partial charge is 0.298 e. The number of nitrogens with one attached hydrogen (secondary N) is 1. The van der Waals surface area contributed by atoms with Crippen molar-refractivity contribution in [2.75, 3.05) is 6.54 Å². The van der Waals surface area contributed by atoms with E-state index in [0.717, 1.165) is 22.6 Å². The van der Waals surface area contributed by atoms with Gasteiger partial charge in [-0.1, -0.05) is 24.3 Å². The molecule has 1 aliphatic heterocycles. The van der Waals surface area contributed by atoms with Crippen molar-refractivity contribution in [3.05, 3.63) is 65.5 Å². The summed E-state index contributed by atoms with van der Waals surface area (Å²) in [6, 6.07) is 9.67. The summed E-state index contributed by atoms with van der Waals surface area (Å²) in [5, 5.41) is 7.17. The summed E-state index contributed by atoms with van der Waals surface area (Å²) in [4.78, 5) is 26.3. The quantitative estimate of drug-likeness (QED) is 0.390. The second-order valence-corrected chi connectivity index (χ2v) is 6.24. The third-order valence-electron chi connectivity index (χ3n) is 4.13. The topological polar surface area (TPSA) is 67.2 Å². The first-order valence-corrected chi connectivity index (χ1v) is 8.46. The summed E-state index contributed by atoms with van der Waals surface area (Å²) in [5.74, 6) is -0.948. The van der Waals surface area contributed by atoms with Crippen LogP contribution in [0.15, 0.2) is 48.6 Å². The molecule has 2 heterocycles. The third kappa shape index (κ3) is 3.09. The van der Waals surface area contributed by atoms with Gasteiger partial charge in [0.25, 0.3) is 11.8 Å². The van der Waals surface area contributed by atoms with E-state index in [-0.39, 0.29) is 17.2 Å². The lowest BCUT2D eigenvalue weighted by atomic mass is 10.1. The van der Waals surface area contributed by atoms with Gasteiger partial charge in [-0.15, -0.1) is 6.58 Å². The van der Waals surface area contributed by atoms with E-state index >= 15 is 0 Å². The summed E-state index contributed by atoms with van der Waals surface area (Å²) < 4.78 is 1.79. The lowest BCUT2D eigenvalue weighted by molar-refractivity contribution is -0.128. The first kappa shape index (κ1) is 17.8. The minimum atomic E-state index is -0.508. The van der Waals surface area contributed by atoms with Gasteiger partial charge in [-0.2, -0.15) is 5.10 Å². The molecule has 1 N–H and O–H groups in total. The predicted molar refractivity (Wildman–Crippen MR) is 104 cm³/mol. The Hall–Kier alpha value is -3.06. The minimum Gasteiger partial charge on any atom is -0.298 e. The highest BCUT2D eigenvalue weighted by Crippen LogP contribution is 2.22. The van der Waals surface area contributed by atoms with Crippen LogP contribution in [0.5, 0.6) is 0 Å². The van der Waals surface area contributed by atoms with Gasteiger partial charge in [-0.25, -0.2) is 4.68 Å². The van der Waals surface area contributed by atoms with E-state index in [0.29, 0.717) is 0 Å². The first-order valence-electron chi connectivity index (χ1n) is 8.05. The molecule has 1 saturated heterocycles. The highest BCUT2D eigenvalue weighted by atomic mass is 32.1. The molecule has 0 spiro atoms.